The van der Waals surface area contributed by atoms with E-state index in [-0.39, 0.29) is 12.6 Å². The van der Waals surface area contributed by atoms with E-state index in [9.17, 15) is 9.59 Å². The normalized spacial score (nSPS) is 17.8. The molecule has 0 spiro atoms. The summed E-state index contributed by atoms with van der Waals surface area (Å²) in [5.41, 5.74) is 0.773. The minimum atomic E-state index is -0.664. The van der Waals surface area contributed by atoms with Crippen molar-refractivity contribution in [2.24, 2.45) is 0 Å². The Morgan fingerprint density at radius 2 is 2.00 bits per heavy atom. The first-order chi connectivity index (χ1) is 9.66. The third-order valence-corrected chi connectivity index (χ3v) is 3.49. The van der Waals surface area contributed by atoms with E-state index >= 15 is 0 Å². The van der Waals surface area contributed by atoms with Crippen molar-refractivity contribution in [1.29, 1.82) is 0 Å². The molecule has 1 fully saturated rings. The Morgan fingerprint density at radius 1 is 1.25 bits per heavy atom. The van der Waals surface area contributed by atoms with Crippen LogP contribution < -0.4 is 10.6 Å². The lowest BCUT2D eigenvalue weighted by molar-refractivity contribution is -0.139. The van der Waals surface area contributed by atoms with Gasteiger partial charge < -0.3 is 15.4 Å². The Bertz CT molecular complexity index is 487. The summed E-state index contributed by atoms with van der Waals surface area (Å²) < 4.78 is 5.36. The molecule has 1 aromatic rings. The maximum Gasteiger partial charge on any atom is 0.309 e. The molecule has 0 aromatic heterocycles. The quantitative estimate of drug-likeness (QED) is 0.822. The second kappa shape index (κ2) is 7.26. The second-order valence-electron chi connectivity index (χ2n) is 4.62. The first kappa shape index (κ1) is 14.8. The molecule has 0 unspecified atom stereocenters. The van der Waals surface area contributed by atoms with Crippen LogP contribution in [0, 0.1) is 0 Å². The molecule has 108 valence electrons. The number of ether oxygens (including phenoxy) is 1. The van der Waals surface area contributed by atoms with E-state index in [1.165, 1.54) is 0 Å². The SMILES string of the molecule is O=C(NCc1ccccc1Cl)C(=O)NC[C@@H]1CCCO1. The maximum atomic E-state index is 11.6. The lowest BCUT2D eigenvalue weighted by Crippen LogP contribution is -2.42. The summed E-state index contributed by atoms with van der Waals surface area (Å²) in [5.74, 6) is -1.31. The minimum Gasteiger partial charge on any atom is -0.376 e. The summed E-state index contributed by atoms with van der Waals surface area (Å²) >= 11 is 5.97. The number of carbonyl (C=O) groups is 2. The van der Waals surface area contributed by atoms with Crippen molar-refractivity contribution < 1.29 is 14.3 Å². The van der Waals surface area contributed by atoms with Crippen molar-refractivity contribution in [2.75, 3.05) is 13.2 Å². The van der Waals surface area contributed by atoms with Crippen molar-refractivity contribution in [2.45, 2.75) is 25.5 Å². The standard InChI is InChI=1S/C14H17ClN2O3/c15-12-6-2-1-4-10(12)8-16-13(18)14(19)17-9-11-5-3-7-20-11/h1-2,4,6,11H,3,5,7-9H2,(H,16,18)(H,17,19)/t11-/m0/s1. The van der Waals surface area contributed by atoms with Crippen LogP contribution in [0.1, 0.15) is 18.4 Å². The third-order valence-electron chi connectivity index (χ3n) is 3.12. The van der Waals surface area contributed by atoms with E-state index in [2.05, 4.69) is 10.6 Å². The first-order valence-corrected chi connectivity index (χ1v) is 6.95. The second-order valence-corrected chi connectivity index (χ2v) is 5.03. The predicted octanol–water partition coefficient (Wildman–Crippen LogP) is 1.25. The number of hydrogen-bond acceptors (Lipinski definition) is 3. The summed E-state index contributed by atoms with van der Waals surface area (Å²) in [6.07, 6.45) is 1.94. The van der Waals surface area contributed by atoms with Gasteiger partial charge in [-0.15, -0.1) is 0 Å². The average molecular weight is 297 g/mol. The van der Waals surface area contributed by atoms with Crippen molar-refractivity contribution >= 4 is 23.4 Å². The summed E-state index contributed by atoms with van der Waals surface area (Å²) in [5, 5.41) is 5.67. The fourth-order valence-electron chi connectivity index (χ4n) is 1.99. The van der Waals surface area contributed by atoms with Gasteiger partial charge in [0.25, 0.3) is 0 Å². The number of carbonyl (C=O) groups excluding carboxylic acids is 2. The molecule has 1 aliphatic heterocycles. The van der Waals surface area contributed by atoms with E-state index < -0.39 is 11.8 Å². The molecule has 0 saturated carbocycles. The van der Waals surface area contributed by atoms with E-state index in [1.54, 1.807) is 12.1 Å². The predicted molar refractivity (Wildman–Crippen MR) is 75.3 cm³/mol. The Hall–Kier alpha value is -1.59. The Labute approximate surface area is 122 Å². The van der Waals surface area contributed by atoms with Crippen LogP contribution in [0.2, 0.25) is 5.02 Å². The number of benzene rings is 1. The molecule has 0 aliphatic carbocycles. The van der Waals surface area contributed by atoms with Crippen LogP contribution in [-0.2, 0) is 20.9 Å². The Morgan fingerprint density at radius 3 is 2.70 bits per heavy atom. The molecular formula is C14H17ClN2O3. The summed E-state index contributed by atoms with van der Waals surface area (Å²) in [6.45, 7) is 1.32. The van der Waals surface area contributed by atoms with Gasteiger partial charge in [-0.1, -0.05) is 29.8 Å². The van der Waals surface area contributed by atoms with Crippen molar-refractivity contribution in [3.05, 3.63) is 34.9 Å². The Balaban J connectivity index is 1.73. The number of rotatable bonds is 4. The van der Waals surface area contributed by atoms with E-state index in [4.69, 9.17) is 16.3 Å². The van der Waals surface area contributed by atoms with Crippen LogP contribution in [0.25, 0.3) is 0 Å². The van der Waals surface area contributed by atoms with Crippen molar-refractivity contribution in [3.8, 4) is 0 Å². The zero-order valence-electron chi connectivity index (χ0n) is 11.0. The molecule has 1 atom stereocenters. The summed E-state index contributed by atoms with van der Waals surface area (Å²) in [6, 6.07) is 7.17. The number of nitrogens with one attached hydrogen (secondary N) is 2. The first-order valence-electron chi connectivity index (χ1n) is 6.58. The van der Waals surface area contributed by atoms with Gasteiger partial charge in [-0.2, -0.15) is 0 Å². The summed E-state index contributed by atoms with van der Waals surface area (Å²) in [7, 11) is 0. The largest absolute Gasteiger partial charge is 0.376 e. The molecule has 20 heavy (non-hydrogen) atoms. The van der Waals surface area contributed by atoms with Crippen LogP contribution in [0.3, 0.4) is 0 Å². The average Bonchev–Trinajstić information content (AvgIpc) is 2.97. The minimum absolute atomic E-state index is 0.0234. The highest BCUT2D eigenvalue weighted by atomic mass is 35.5. The third kappa shape index (κ3) is 4.21. The van der Waals surface area contributed by atoms with Crippen molar-refractivity contribution in [3.63, 3.8) is 0 Å². The van der Waals surface area contributed by atoms with Gasteiger partial charge in [-0.3, -0.25) is 9.59 Å². The highest BCUT2D eigenvalue weighted by Gasteiger charge is 2.19. The topological polar surface area (TPSA) is 67.4 Å². The lowest BCUT2D eigenvalue weighted by atomic mass is 10.2. The molecule has 2 rings (SSSR count). The molecule has 2 N–H and O–H groups in total. The van der Waals surface area contributed by atoms with E-state index in [0.717, 1.165) is 25.0 Å². The molecule has 1 saturated heterocycles. The van der Waals surface area contributed by atoms with Gasteiger partial charge in [-0.25, -0.2) is 0 Å². The molecule has 1 aliphatic rings. The smallest absolute Gasteiger partial charge is 0.309 e. The lowest BCUT2D eigenvalue weighted by Gasteiger charge is -2.11. The van der Waals surface area contributed by atoms with Gasteiger partial charge in [0.1, 0.15) is 0 Å². The van der Waals surface area contributed by atoms with Gasteiger partial charge in [0, 0.05) is 24.7 Å². The van der Waals surface area contributed by atoms with Crippen LogP contribution in [0.4, 0.5) is 0 Å². The molecule has 1 heterocycles. The number of halogens is 1. The molecule has 0 bridgehead atoms. The zero-order valence-corrected chi connectivity index (χ0v) is 11.8. The molecule has 1 aromatic carbocycles. The van der Waals surface area contributed by atoms with Gasteiger partial charge in [0.15, 0.2) is 0 Å². The van der Waals surface area contributed by atoms with Crippen LogP contribution in [0.15, 0.2) is 24.3 Å². The van der Waals surface area contributed by atoms with E-state index in [0.29, 0.717) is 11.6 Å². The highest BCUT2D eigenvalue weighted by Crippen LogP contribution is 2.14. The van der Waals surface area contributed by atoms with Gasteiger partial charge >= 0.3 is 11.8 Å². The molecule has 2 amide bonds. The zero-order chi connectivity index (χ0) is 14.4. The van der Waals surface area contributed by atoms with E-state index in [1.807, 2.05) is 12.1 Å². The van der Waals surface area contributed by atoms with Gasteiger partial charge in [0.2, 0.25) is 0 Å². The fourth-order valence-corrected chi connectivity index (χ4v) is 2.19. The molecule has 5 nitrogen and oxygen atoms in total. The van der Waals surface area contributed by atoms with Crippen molar-refractivity contribution in [1.82, 2.24) is 10.6 Å². The summed E-state index contributed by atoms with van der Waals surface area (Å²) in [4.78, 5) is 23.2. The maximum absolute atomic E-state index is 11.6. The van der Waals surface area contributed by atoms with Gasteiger partial charge in [-0.05, 0) is 24.5 Å². The monoisotopic (exact) mass is 296 g/mol. The Kier molecular flexibility index (Phi) is 5.38. The molecule has 0 radical (unpaired) electrons. The van der Waals surface area contributed by atoms with Crippen LogP contribution in [-0.4, -0.2) is 31.1 Å². The number of amides is 2. The molecular weight excluding hydrogens is 280 g/mol. The highest BCUT2D eigenvalue weighted by molar-refractivity contribution is 6.35. The fraction of sp³-hybridized carbons (Fsp3) is 0.429. The van der Waals surface area contributed by atoms with Gasteiger partial charge in [0.05, 0.1) is 6.10 Å². The number of hydrogen-bond donors (Lipinski definition) is 2. The van der Waals surface area contributed by atoms with Crippen LogP contribution in [0.5, 0.6) is 0 Å². The van der Waals surface area contributed by atoms with Crippen LogP contribution >= 0.6 is 11.6 Å². The molecule has 6 heteroatoms.